The van der Waals surface area contributed by atoms with Gasteiger partial charge in [0.25, 0.3) is 0 Å². The molecule has 0 heterocycles. The van der Waals surface area contributed by atoms with Crippen LogP contribution >= 0.6 is 0 Å². The van der Waals surface area contributed by atoms with Crippen molar-refractivity contribution in [1.29, 1.82) is 0 Å². The molecule has 166 valence electrons. The highest BCUT2D eigenvalue weighted by Gasteiger charge is 2.02. The van der Waals surface area contributed by atoms with Gasteiger partial charge in [-0.15, -0.1) is 0 Å². The number of unbranched alkanes of at least 4 members (excludes halogenated alkanes) is 1. The molecule has 7 heteroatoms. The average molecular weight is 409 g/mol. The van der Waals surface area contributed by atoms with E-state index in [0.29, 0.717) is 13.2 Å². The molecule has 0 aromatic heterocycles. The van der Waals surface area contributed by atoms with Gasteiger partial charge in [0.05, 0.1) is 6.61 Å². The minimum Gasteiger partial charge on any atom is -0.492 e. The summed E-state index contributed by atoms with van der Waals surface area (Å²) in [4.78, 5) is 6.47. The number of guanidine groups is 1. The molecule has 0 spiro atoms. The van der Waals surface area contributed by atoms with E-state index in [4.69, 9.17) is 14.2 Å². The number of rotatable bonds is 16. The highest BCUT2D eigenvalue weighted by atomic mass is 16.5. The number of aliphatic imine (C=N–C) groups is 1. The predicted octanol–water partition coefficient (Wildman–Crippen LogP) is 2.52. The number of hydrogen-bond donors (Lipinski definition) is 2. The third kappa shape index (κ3) is 13.1. The maximum atomic E-state index is 5.88. The van der Waals surface area contributed by atoms with Gasteiger partial charge >= 0.3 is 0 Å². The second-order valence-electron chi connectivity index (χ2n) is 6.96. The molecule has 0 aliphatic rings. The summed E-state index contributed by atoms with van der Waals surface area (Å²) >= 11 is 0. The maximum Gasteiger partial charge on any atom is 0.191 e. The fourth-order valence-electron chi connectivity index (χ4n) is 2.56. The summed E-state index contributed by atoms with van der Waals surface area (Å²) in [6.45, 7) is 8.49. The molecule has 1 aromatic rings. The van der Waals surface area contributed by atoms with Gasteiger partial charge in [-0.1, -0.05) is 25.5 Å². The molecule has 0 aliphatic carbocycles. The molecular weight excluding hydrogens is 368 g/mol. The lowest BCUT2D eigenvalue weighted by Gasteiger charge is -2.16. The largest absolute Gasteiger partial charge is 0.492 e. The van der Waals surface area contributed by atoms with Gasteiger partial charge in [0, 0.05) is 53.6 Å². The Hall–Kier alpha value is -1.83. The predicted molar refractivity (Wildman–Crippen MR) is 120 cm³/mol. The first-order chi connectivity index (χ1) is 14.2. The van der Waals surface area contributed by atoms with Crippen molar-refractivity contribution in [3.8, 4) is 5.75 Å². The lowest BCUT2D eigenvalue weighted by atomic mass is 10.2. The molecule has 0 unspecified atom stereocenters. The van der Waals surface area contributed by atoms with E-state index in [2.05, 4.69) is 46.6 Å². The first-order valence-electron chi connectivity index (χ1n) is 10.6. The van der Waals surface area contributed by atoms with Gasteiger partial charge in [0.1, 0.15) is 12.4 Å². The van der Waals surface area contributed by atoms with Gasteiger partial charge in [-0.05, 0) is 37.6 Å². The molecule has 0 fully saturated rings. The highest BCUT2D eigenvalue weighted by Crippen LogP contribution is 2.13. The third-order valence-corrected chi connectivity index (χ3v) is 4.40. The second kappa shape index (κ2) is 17.1. The minimum absolute atomic E-state index is 0.653. The van der Waals surface area contributed by atoms with E-state index >= 15 is 0 Å². The number of likely N-dealkylation sites (N-methyl/N-ethyl adjacent to an activating group) is 1. The van der Waals surface area contributed by atoms with Crippen molar-refractivity contribution in [2.45, 2.75) is 32.7 Å². The molecule has 29 heavy (non-hydrogen) atoms. The van der Waals surface area contributed by atoms with Crippen LogP contribution in [-0.4, -0.2) is 78.1 Å². The first-order valence-corrected chi connectivity index (χ1v) is 10.6. The molecule has 2 N–H and O–H groups in total. The molecule has 0 amide bonds. The van der Waals surface area contributed by atoms with Gasteiger partial charge < -0.3 is 29.7 Å². The molecular formula is C22H40N4O3. The molecule has 0 radical (unpaired) electrons. The Kier molecular flexibility index (Phi) is 14.8. The SMILES string of the molecule is CCCCOCCCNC(=NC)NCc1cccc(OCCN(C)CCOC)c1. The number of ether oxygens (including phenoxy) is 3. The van der Waals surface area contributed by atoms with Crippen LogP contribution in [0, 0.1) is 0 Å². The van der Waals surface area contributed by atoms with Crippen LogP contribution in [0.1, 0.15) is 31.7 Å². The van der Waals surface area contributed by atoms with E-state index in [9.17, 15) is 0 Å². The summed E-state index contributed by atoms with van der Waals surface area (Å²) in [7, 11) is 5.57. The molecule has 1 aromatic carbocycles. The topological polar surface area (TPSA) is 67.3 Å². The van der Waals surface area contributed by atoms with E-state index in [0.717, 1.165) is 69.6 Å². The Labute approximate surface area is 176 Å². The Morgan fingerprint density at radius 3 is 2.62 bits per heavy atom. The van der Waals surface area contributed by atoms with E-state index < -0.39 is 0 Å². The quantitative estimate of drug-likeness (QED) is 0.249. The second-order valence-corrected chi connectivity index (χ2v) is 6.96. The molecule has 1 rings (SSSR count). The molecule has 0 atom stereocenters. The van der Waals surface area contributed by atoms with Crippen molar-refractivity contribution < 1.29 is 14.2 Å². The summed E-state index contributed by atoms with van der Waals surface area (Å²) in [6.07, 6.45) is 3.27. The van der Waals surface area contributed by atoms with Crippen LogP contribution in [0.4, 0.5) is 0 Å². The number of hydrogen-bond acceptors (Lipinski definition) is 5. The third-order valence-electron chi connectivity index (χ3n) is 4.40. The van der Waals surface area contributed by atoms with Crippen LogP contribution in [-0.2, 0) is 16.0 Å². The van der Waals surface area contributed by atoms with E-state index in [-0.39, 0.29) is 0 Å². The molecule has 0 saturated carbocycles. The van der Waals surface area contributed by atoms with Crippen LogP contribution < -0.4 is 15.4 Å². The average Bonchev–Trinajstić information content (AvgIpc) is 2.74. The zero-order chi connectivity index (χ0) is 21.2. The lowest BCUT2D eigenvalue weighted by molar-refractivity contribution is 0.129. The van der Waals surface area contributed by atoms with Crippen LogP contribution in [0.15, 0.2) is 29.3 Å². The van der Waals surface area contributed by atoms with Crippen molar-refractivity contribution in [3.63, 3.8) is 0 Å². The lowest BCUT2D eigenvalue weighted by Crippen LogP contribution is -2.37. The number of benzene rings is 1. The van der Waals surface area contributed by atoms with Gasteiger partial charge in [0.2, 0.25) is 0 Å². The van der Waals surface area contributed by atoms with Gasteiger partial charge in [-0.3, -0.25) is 4.99 Å². The fourth-order valence-corrected chi connectivity index (χ4v) is 2.56. The summed E-state index contributed by atoms with van der Waals surface area (Å²) < 4.78 is 16.5. The summed E-state index contributed by atoms with van der Waals surface area (Å²) in [6, 6.07) is 8.16. The smallest absolute Gasteiger partial charge is 0.191 e. The van der Waals surface area contributed by atoms with Crippen molar-refractivity contribution in [1.82, 2.24) is 15.5 Å². The zero-order valence-corrected chi connectivity index (χ0v) is 18.7. The Balaban J connectivity index is 2.26. The van der Waals surface area contributed by atoms with Crippen LogP contribution in [0.25, 0.3) is 0 Å². The number of nitrogens with one attached hydrogen (secondary N) is 2. The van der Waals surface area contributed by atoms with Crippen molar-refractivity contribution in [2.75, 3.05) is 67.3 Å². The zero-order valence-electron chi connectivity index (χ0n) is 18.7. The van der Waals surface area contributed by atoms with Crippen LogP contribution in [0.3, 0.4) is 0 Å². The summed E-state index contributed by atoms with van der Waals surface area (Å²) in [5.41, 5.74) is 1.15. The molecule has 0 aliphatic heterocycles. The van der Waals surface area contributed by atoms with Crippen molar-refractivity contribution in [2.24, 2.45) is 4.99 Å². The monoisotopic (exact) mass is 408 g/mol. The maximum absolute atomic E-state index is 5.88. The van der Waals surface area contributed by atoms with Gasteiger partial charge in [0.15, 0.2) is 5.96 Å². The molecule has 0 bridgehead atoms. The van der Waals surface area contributed by atoms with Crippen molar-refractivity contribution >= 4 is 5.96 Å². The van der Waals surface area contributed by atoms with Crippen LogP contribution in [0.2, 0.25) is 0 Å². The number of nitrogens with zero attached hydrogens (tertiary/aromatic N) is 2. The minimum atomic E-state index is 0.653. The molecule has 7 nitrogen and oxygen atoms in total. The van der Waals surface area contributed by atoms with Gasteiger partial charge in [-0.2, -0.15) is 0 Å². The normalized spacial score (nSPS) is 11.7. The number of methoxy groups -OCH3 is 1. The highest BCUT2D eigenvalue weighted by molar-refractivity contribution is 5.79. The van der Waals surface area contributed by atoms with Crippen molar-refractivity contribution in [3.05, 3.63) is 29.8 Å². The van der Waals surface area contributed by atoms with Gasteiger partial charge in [-0.25, -0.2) is 0 Å². The summed E-state index contributed by atoms with van der Waals surface area (Å²) in [5.74, 6) is 1.68. The standard InChI is InChI=1S/C22H40N4O3/c1-5-6-14-28-15-8-11-24-22(23-2)25-19-20-9-7-10-21(18-20)29-17-13-26(3)12-16-27-4/h7,9-10,18H,5-6,8,11-17,19H2,1-4H3,(H2,23,24,25). The first kappa shape index (κ1) is 25.2. The van der Waals surface area contributed by atoms with E-state index in [1.54, 1.807) is 14.2 Å². The Morgan fingerprint density at radius 2 is 1.86 bits per heavy atom. The summed E-state index contributed by atoms with van der Waals surface area (Å²) in [5, 5.41) is 6.66. The fraction of sp³-hybridized carbons (Fsp3) is 0.682. The van der Waals surface area contributed by atoms with E-state index in [1.807, 2.05) is 12.1 Å². The van der Waals surface area contributed by atoms with Crippen LogP contribution in [0.5, 0.6) is 5.75 Å². The molecule has 0 saturated heterocycles. The Bertz CT molecular complexity index is 555. The van der Waals surface area contributed by atoms with E-state index in [1.165, 1.54) is 6.42 Å². The Morgan fingerprint density at radius 1 is 1.07 bits per heavy atom.